The molecule has 0 saturated carbocycles. The first-order valence-electron chi connectivity index (χ1n) is 5.04. The van der Waals surface area contributed by atoms with Gasteiger partial charge in [-0.15, -0.1) is 0 Å². The fourth-order valence-electron chi connectivity index (χ4n) is 1.24. The highest BCUT2D eigenvalue weighted by atomic mass is 79.9. The summed E-state index contributed by atoms with van der Waals surface area (Å²) in [4.78, 5) is 22.4. The number of anilines is 1. The van der Waals surface area contributed by atoms with Crippen molar-refractivity contribution in [1.82, 2.24) is 5.32 Å². The zero-order chi connectivity index (χ0) is 13.7. The molecule has 6 nitrogen and oxygen atoms in total. The fourth-order valence-corrected chi connectivity index (χ4v) is 1.49. The van der Waals surface area contributed by atoms with Crippen LogP contribution in [0.1, 0.15) is 10.4 Å². The van der Waals surface area contributed by atoms with E-state index in [2.05, 4.69) is 21.2 Å². The highest BCUT2D eigenvalue weighted by Crippen LogP contribution is 2.20. The van der Waals surface area contributed by atoms with Gasteiger partial charge in [-0.1, -0.05) is 0 Å². The van der Waals surface area contributed by atoms with Gasteiger partial charge >= 0.3 is 5.97 Å². The summed E-state index contributed by atoms with van der Waals surface area (Å²) in [6.07, 6.45) is -1.07. The second kappa shape index (κ2) is 6.36. The number of nitrogen functional groups attached to an aromatic ring is 1. The lowest BCUT2D eigenvalue weighted by molar-refractivity contribution is -0.148. The van der Waals surface area contributed by atoms with Crippen LogP contribution < -0.4 is 11.1 Å². The normalized spacial score (nSPS) is 11.9. The summed E-state index contributed by atoms with van der Waals surface area (Å²) >= 11 is 3.22. The smallest absolute Gasteiger partial charge is 0.334 e. The van der Waals surface area contributed by atoms with E-state index in [1.807, 2.05) is 0 Å². The molecule has 0 aromatic heterocycles. The van der Waals surface area contributed by atoms with Crippen LogP contribution in [0.25, 0.3) is 0 Å². The van der Waals surface area contributed by atoms with Gasteiger partial charge in [0.25, 0.3) is 5.91 Å². The molecule has 4 N–H and O–H groups in total. The molecular weight excluding hydrogens is 304 g/mol. The van der Waals surface area contributed by atoms with E-state index in [0.717, 1.165) is 0 Å². The van der Waals surface area contributed by atoms with Gasteiger partial charge in [0.2, 0.25) is 0 Å². The van der Waals surface area contributed by atoms with E-state index < -0.39 is 18.0 Å². The maximum absolute atomic E-state index is 11.7. The number of methoxy groups -OCH3 is 1. The number of benzene rings is 1. The van der Waals surface area contributed by atoms with Gasteiger partial charge < -0.3 is 20.9 Å². The number of nitrogens with one attached hydrogen (secondary N) is 1. The van der Waals surface area contributed by atoms with Gasteiger partial charge in [-0.25, -0.2) is 4.79 Å². The van der Waals surface area contributed by atoms with E-state index in [9.17, 15) is 9.59 Å². The first kappa shape index (κ1) is 14.5. The Hall–Kier alpha value is -1.60. The number of halogens is 1. The van der Waals surface area contributed by atoms with Crippen molar-refractivity contribution < 1.29 is 19.4 Å². The van der Waals surface area contributed by atoms with Crippen molar-refractivity contribution in [3.63, 3.8) is 0 Å². The van der Waals surface area contributed by atoms with Gasteiger partial charge in [-0.2, -0.15) is 0 Å². The van der Waals surface area contributed by atoms with Gasteiger partial charge in [0.15, 0.2) is 6.10 Å². The lowest BCUT2D eigenvalue weighted by atomic mass is 10.2. The fraction of sp³-hybridized carbons (Fsp3) is 0.273. The number of nitrogens with two attached hydrogens (primary N) is 1. The molecule has 98 valence electrons. The van der Waals surface area contributed by atoms with Crippen molar-refractivity contribution >= 4 is 33.5 Å². The zero-order valence-electron chi connectivity index (χ0n) is 9.64. The SMILES string of the molecule is COC(CNC(=O)c1ccc(Br)c(N)c1)C(=O)O. The molecule has 1 aromatic rings. The number of carboxylic acid groups (broad SMARTS) is 1. The summed E-state index contributed by atoms with van der Waals surface area (Å²) in [7, 11) is 1.27. The van der Waals surface area contributed by atoms with E-state index in [-0.39, 0.29) is 6.54 Å². The second-order valence-corrected chi connectivity index (χ2v) is 4.36. The average molecular weight is 317 g/mol. The number of carbonyl (C=O) groups is 2. The van der Waals surface area contributed by atoms with Crippen molar-refractivity contribution in [2.24, 2.45) is 0 Å². The maximum atomic E-state index is 11.7. The Labute approximate surface area is 112 Å². The molecule has 1 amide bonds. The molecule has 0 fully saturated rings. The molecule has 18 heavy (non-hydrogen) atoms. The largest absolute Gasteiger partial charge is 0.479 e. The molecule has 1 unspecified atom stereocenters. The third-order valence-corrected chi connectivity index (χ3v) is 2.99. The zero-order valence-corrected chi connectivity index (χ0v) is 11.2. The number of carboxylic acids is 1. The molecule has 1 aromatic carbocycles. The van der Waals surface area contributed by atoms with E-state index in [1.165, 1.54) is 13.2 Å². The van der Waals surface area contributed by atoms with E-state index in [0.29, 0.717) is 15.7 Å². The van der Waals surface area contributed by atoms with Crippen LogP contribution >= 0.6 is 15.9 Å². The molecular formula is C11H13BrN2O4. The molecule has 0 radical (unpaired) electrons. The molecule has 1 rings (SSSR count). The van der Waals surface area contributed by atoms with Crippen LogP contribution in [0.3, 0.4) is 0 Å². The third kappa shape index (κ3) is 3.71. The monoisotopic (exact) mass is 316 g/mol. The third-order valence-electron chi connectivity index (χ3n) is 2.27. The number of aliphatic carboxylic acids is 1. The predicted octanol–water partition coefficient (Wildman–Crippen LogP) is 0.861. The van der Waals surface area contributed by atoms with Crippen molar-refractivity contribution in [1.29, 1.82) is 0 Å². The number of hydrogen-bond donors (Lipinski definition) is 3. The number of rotatable bonds is 5. The van der Waals surface area contributed by atoms with Crippen LogP contribution in [0.15, 0.2) is 22.7 Å². The Morgan fingerprint density at radius 3 is 2.72 bits per heavy atom. The number of carbonyl (C=O) groups excluding carboxylic acids is 1. The topological polar surface area (TPSA) is 102 Å². The second-order valence-electron chi connectivity index (χ2n) is 3.51. The Morgan fingerprint density at radius 2 is 2.22 bits per heavy atom. The van der Waals surface area contributed by atoms with Crippen LogP contribution in [0.5, 0.6) is 0 Å². The summed E-state index contributed by atoms with van der Waals surface area (Å²) in [6.45, 7) is -0.110. The molecule has 0 aliphatic heterocycles. The maximum Gasteiger partial charge on any atom is 0.334 e. The van der Waals surface area contributed by atoms with Gasteiger partial charge in [0.1, 0.15) is 0 Å². The first-order chi connectivity index (χ1) is 8.45. The summed E-state index contributed by atoms with van der Waals surface area (Å²) in [6, 6.07) is 4.73. The summed E-state index contributed by atoms with van der Waals surface area (Å²) < 4.78 is 5.39. The van der Waals surface area contributed by atoms with Gasteiger partial charge in [-0.05, 0) is 34.1 Å². The number of hydrogen-bond acceptors (Lipinski definition) is 4. The van der Waals surface area contributed by atoms with Crippen LogP contribution in [0, 0.1) is 0 Å². The molecule has 1 atom stereocenters. The molecule has 7 heteroatoms. The van der Waals surface area contributed by atoms with Crippen molar-refractivity contribution in [2.45, 2.75) is 6.10 Å². The minimum absolute atomic E-state index is 0.110. The minimum atomic E-state index is -1.13. The molecule has 0 heterocycles. The van der Waals surface area contributed by atoms with E-state index >= 15 is 0 Å². The van der Waals surface area contributed by atoms with Crippen molar-refractivity contribution in [3.8, 4) is 0 Å². The standard InChI is InChI=1S/C11H13BrN2O4/c1-18-9(11(16)17)5-14-10(15)6-2-3-7(12)8(13)4-6/h2-4,9H,5,13H2,1H3,(H,14,15)(H,16,17). The Balaban J connectivity index is 2.65. The number of ether oxygens (including phenoxy) is 1. The molecule has 0 aliphatic carbocycles. The van der Waals surface area contributed by atoms with Crippen LogP contribution in [0.4, 0.5) is 5.69 Å². The van der Waals surface area contributed by atoms with Crippen molar-refractivity contribution in [3.05, 3.63) is 28.2 Å². The molecule has 0 bridgehead atoms. The summed E-state index contributed by atoms with van der Waals surface area (Å²) in [5.41, 5.74) is 6.43. The first-order valence-corrected chi connectivity index (χ1v) is 5.83. The average Bonchev–Trinajstić information content (AvgIpc) is 2.32. The van der Waals surface area contributed by atoms with Crippen molar-refractivity contribution in [2.75, 3.05) is 19.4 Å². The van der Waals surface area contributed by atoms with E-state index in [4.69, 9.17) is 15.6 Å². The molecule has 0 saturated heterocycles. The molecule has 0 aliphatic rings. The lowest BCUT2D eigenvalue weighted by Gasteiger charge is -2.11. The highest BCUT2D eigenvalue weighted by molar-refractivity contribution is 9.10. The van der Waals surface area contributed by atoms with Crippen LogP contribution in [0.2, 0.25) is 0 Å². The quantitative estimate of drug-likeness (QED) is 0.699. The van der Waals surface area contributed by atoms with Gasteiger partial charge in [-0.3, -0.25) is 4.79 Å². The van der Waals surface area contributed by atoms with E-state index in [1.54, 1.807) is 12.1 Å². The predicted molar refractivity (Wildman–Crippen MR) is 69.3 cm³/mol. The highest BCUT2D eigenvalue weighted by Gasteiger charge is 2.17. The summed E-state index contributed by atoms with van der Waals surface area (Å²) in [5.74, 6) is -1.54. The van der Waals surface area contributed by atoms with Crippen LogP contribution in [-0.4, -0.2) is 36.7 Å². The Morgan fingerprint density at radius 1 is 1.56 bits per heavy atom. The number of amides is 1. The minimum Gasteiger partial charge on any atom is -0.479 e. The van der Waals surface area contributed by atoms with Crippen LogP contribution in [-0.2, 0) is 9.53 Å². The Bertz CT molecular complexity index is 464. The summed E-state index contributed by atoms with van der Waals surface area (Å²) in [5, 5.41) is 11.2. The van der Waals surface area contributed by atoms with Gasteiger partial charge in [0, 0.05) is 22.8 Å². The Kier molecular flexibility index (Phi) is 5.11. The van der Waals surface area contributed by atoms with Gasteiger partial charge in [0.05, 0.1) is 6.54 Å². The molecule has 0 spiro atoms. The lowest BCUT2D eigenvalue weighted by Crippen LogP contribution is -2.37.